The van der Waals surface area contributed by atoms with E-state index in [9.17, 15) is 22.8 Å². The Morgan fingerprint density at radius 3 is 2.47 bits per heavy atom. The van der Waals surface area contributed by atoms with Crippen LogP contribution in [0.4, 0.5) is 13.2 Å². The highest BCUT2D eigenvalue weighted by atomic mass is 19.1. The number of carbonyl (C=O) groups is 1. The van der Waals surface area contributed by atoms with Crippen molar-refractivity contribution in [2.75, 3.05) is 13.1 Å². The van der Waals surface area contributed by atoms with E-state index in [2.05, 4.69) is 20.3 Å². The van der Waals surface area contributed by atoms with Gasteiger partial charge < -0.3 is 9.88 Å². The number of halogens is 3. The van der Waals surface area contributed by atoms with Gasteiger partial charge in [-0.1, -0.05) is 23.4 Å². The standard InChI is InChI=1S/C23H19F3N6O2/c24-16-9-15(10-17(25)11-16)23(34)31-7-5-13(6-8-31)20-27-21-19(22(33)28-20)29-30-32(21)12-14-3-1-2-4-18(14)26/h1-4,9-11,13H,5-8,12H2,(H,27,28,33). The molecule has 0 aliphatic carbocycles. The molecule has 0 unspecified atom stereocenters. The van der Waals surface area contributed by atoms with E-state index in [0.717, 1.165) is 12.1 Å². The Hall–Kier alpha value is -4.02. The average Bonchev–Trinajstić information content (AvgIpc) is 3.23. The van der Waals surface area contributed by atoms with Crippen molar-refractivity contribution in [3.05, 3.63) is 87.2 Å². The molecule has 1 fully saturated rings. The Balaban J connectivity index is 1.35. The summed E-state index contributed by atoms with van der Waals surface area (Å²) in [4.78, 5) is 34.0. The number of amides is 1. The van der Waals surface area contributed by atoms with Crippen molar-refractivity contribution in [3.63, 3.8) is 0 Å². The first-order valence-corrected chi connectivity index (χ1v) is 10.7. The second-order valence-corrected chi connectivity index (χ2v) is 8.19. The summed E-state index contributed by atoms with van der Waals surface area (Å²) in [5.41, 5.74) is 0.190. The third-order valence-electron chi connectivity index (χ3n) is 5.95. The number of hydrogen-bond acceptors (Lipinski definition) is 5. The number of nitrogens with zero attached hydrogens (tertiary/aromatic N) is 5. The summed E-state index contributed by atoms with van der Waals surface area (Å²) < 4.78 is 42.4. The lowest BCUT2D eigenvalue weighted by atomic mass is 9.95. The van der Waals surface area contributed by atoms with Crippen LogP contribution in [0.3, 0.4) is 0 Å². The van der Waals surface area contributed by atoms with E-state index in [1.54, 1.807) is 18.2 Å². The molecule has 1 N–H and O–H groups in total. The maximum atomic E-state index is 14.1. The van der Waals surface area contributed by atoms with E-state index in [0.29, 0.717) is 43.4 Å². The Morgan fingerprint density at radius 2 is 1.76 bits per heavy atom. The van der Waals surface area contributed by atoms with Gasteiger partial charge in [0, 0.05) is 36.2 Å². The maximum absolute atomic E-state index is 14.1. The van der Waals surface area contributed by atoms with Crippen LogP contribution in [0.2, 0.25) is 0 Å². The van der Waals surface area contributed by atoms with Crippen LogP contribution in [0.15, 0.2) is 47.3 Å². The van der Waals surface area contributed by atoms with Crippen LogP contribution in [0.25, 0.3) is 11.2 Å². The van der Waals surface area contributed by atoms with Crippen LogP contribution in [-0.4, -0.2) is 48.9 Å². The van der Waals surface area contributed by atoms with E-state index >= 15 is 0 Å². The number of likely N-dealkylation sites (tertiary alicyclic amines) is 1. The van der Waals surface area contributed by atoms with Gasteiger partial charge >= 0.3 is 0 Å². The van der Waals surface area contributed by atoms with Crippen LogP contribution in [0.5, 0.6) is 0 Å². The van der Waals surface area contributed by atoms with Crippen LogP contribution >= 0.6 is 0 Å². The van der Waals surface area contributed by atoms with Gasteiger partial charge in [0.15, 0.2) is 11.2 Å². The van der Waals surface area contributed by atoms with Gasteiger partial charge in [-0.15, -0.1) is 5.10 Å². The van der Waals surface area contributed by atoms with Gasteiger partial charge in [0.05, 0.1) is 6.54 Å². The Bertz CT molecular complexity index is 1420. The molecule has 174 valence electrons. The maximum Gasteiger partial charge on any atom is 0.281 e. The quantitative estimate of drug-likeness (QED) is 0.497. The second kappa shape index (κ2) is 8.73. The lowest BCUT2D eigenvalue weighted by molar-refractivity contribution is 0.0710. The van der Waals surface area contributed by atoms with Crippen molar-refractivity contribution in [1.29, 1.82) is 0 Å². The predicted molar refractivity (Wildman–Crippen MR) is 116 cm³/mol. The van der Waals surface area contributed by atoms with Gasteiger partial charge in [0.2, 0.25) is 0 Å². The number of hydrogen-bond donors (Lipinski definition) is 1. The molecule has 3 heterocycles. The number of rotatable bonds is 4. The predicted octanol–water partition coefficient (Wildman–Crippen LogP) is 3.00. The summed E-state index contributed by atoms with van der Waals surface area (Å²) in [6.07, 6.45) is 0.986. The first kappa shape index (κ1) is 21.8. The zero-order valence-corrected chi connectivity index (χ0v) is 17.8. The molecule has 11 heteroatoms. The molecule has 0 saturated carbocycles. The van der Waals surface area contributed by atoms with Gasteiger partial charge in [-0.25, -0.2) is 22.8 Å². The fourth-order valence-electron chi connectivity index (χ4n) is 4.19. The number of nitrogens with one attached hydrogen (secondary N) is 1. The number of aromatic amines is 1. The smallest absolute Gasteiger partial charge is 0.281 e. The number of fused-ring (bicyclic) bond motifs is 1. The largest absolute Gasteiger partial charge is 0.339 e. The Labute approximate surface area is 191 Å². The molecule has 0 spiro atoms. The van der Waals surface area contributed by atoms with Crippen LogP contribution in [0.1, 0.15) is 40.5 Å². The summed E-state index contributed by atoms with van der Waals surface area (Å²) in [5, 5.41) is 7.85. The first-order chi connectivity index (χ1) is 16.4. The van der Waals surface area contributed by atoms with Crippen LogP contribution < -0.4 is 5.56 Å². The minimum absolute atomic E-state index is 0.0491. The van der Waals surface area contributed by atoms with E-state index in [4.69, 9.17) is 0 Å². The summed E-state index contributed by atoms with van der Waals surface area (Å²) >= 11 is 0. The van der Waals surface area contributed by atoms with Gasteiger partial charge in [0.25, 0.3) is 11.5 Å². The molecule has 1 aliphatic rings. The third kappa shape index (κ3) is 4.16. The lowest BCUT2D eigenvalue weighted by Gasteiger charge is -2.31. The van der Waals surface area contributed by atoms with E-state index in [1.807, 2.05) is 0 Å². The van der Waals surface area contributed by atoms with E-state index < -0.39 is 28.9 Å². The fourth-order valence-corrected chi connectivity index (χ4v) is 4.19. The van der Waals surface area contributed by atoms with E-state index in [1.165, 1.54) is 15.6 Å². The summed E-state index contributed by atoms with van der Waals surface area (Å²) in [6.45, 7) is 0.725. The molecule has 8 nitrogen and oxygen atoms in total. The molecule has 4 aromatic rings. The van der Waals surface area contributed by atoms with Crippen molar-refractivity contribution >= 4 is 17.1 Å². The molecular weight excluding hydrogens is 449 g/mol. The molecule has 1 amide bonds. The van der Waals surface area contributed by atoms with Crippen molar-refractivity contribution in [2.24, 2.45) is 0 Å². The molecule has 2 aromatic carbocycles. The van der Waals surface area contributed by atoms with Crippen molar-refractivity contribution in [3.8, 4) is 0 Å². The molecule has 5 rings (SSSR count). The minimum atomic E-state index is -0.811. The van der Waals surface area contributed by atoms with Gasteiger partial charge in [-0.05, 0) is 31.0 Å². The fraction of sp³-hybridized carbons (Fsp3) is 0.261. The molecule has 0 atom stereocenters. The molecule has 34 heavy (non-hydrogen) atoms. The molecule has 0 radical (unpaired) electrons. The lowest BCUT2D eigenvalue weighted by Crippen LogP contribution is -2.38. The first-order valence-electron chi connectivity index (χ1n) is 10.7. The Morgan fingerprint density at radius 1 is 1.06 bits per heavy atom. The molecule has 1 saturated heterocycles. The van der Waals surface area contributed by atoms with Gasteiger partial charge in [-0.3, -0.25) is 9.59 Å². The number of carbonyl (C=O) groups excluding carboxylic acids is 1. The van der Waals surface area contributed by atoms with Crippen LogP contribution in [-0.2, 0) is 6.54 Å². The highest BCUT2D eigenvalue weighted by Gasteiger charge is 2.27. The topological polar surface area (TPSA) is 96.8 Å². The third-order valence-corrected chi connectivity index (χ3v) is 5.95. The zero-order chi connectivity index (χ0) is 23.8. The summed E-state index contributed by atoms with van der Waals surface area (Å²) in [6, 6.07) is 8.98. The number of piperidine rings is 1. The van der Waals surface area contributed by atoms with Crippen molar-refractivity contribution < 1.29 is 18.0 Å². The average molecular weight is 468 g/mol. The highest BCUT2D eigenvalue weighted by molar-refractivity contribution is 5.94. The Kier molecular flexibility index (Phi) is 5.60. The molecular formula is C23H19F3N6O2. The molecule has 1 aliphatic heterocycles. The second-order valence-electron chi connectivity index (χ2n) is 8.19. The monoisotopic (exact) mass is 468 g/mol. The normalized spacial score (nSPS) is 14.6. The van der Waals surface area contributed by atoms with Gasteiger partial charge in [0.1, 0.15) is 23.3 Å². The SMILES string of the molecule is O=C(c1cc(F)cc(F)c1)N1CCC(c2nc3c(nnn3Cc3ccccc3F)c(=O)[nH]2)CC1. The minimum Gasteiger partial charge on any atom is -0.339 e. The molecule has 2 aromatic heterocycles. The number of benzene rings is 2. The highest BCUT2D eigenvalue weighted by Crippen LogP contribution is 2.27. The number of aromatic nitrogens is 5. The van der Waals surface area contributed by atoms with Crippen LogP contribution in [0, 0.1) is 17.5 Å². The van der Waals surface area contributed by atoms with Gasteiger partial charge in [-0.2, -0.15) is 0 Å². The zero-order valence-electron chi connectivity index (χ0n) is 17.8. The van der Waals surface area contributed by atoms with Crippen molar-refractivity contribution in [1.82, 2.24) is 29.9 Å². The van der Waals surface area contributed by atoms with E-state index in [-0.39, 0.29) is 29.2 Å². The summed E-state index contributed by atoms with van der Waals surface area (Å²) in [5.74, 6) is -2.20. The number of H-pyrrole nitrogens is 1. The summed E-state index contributed by atoms with van der Waals surface area (Å²) in [7, 11) is 0. The molecule has 0 bridgehead atoms. The van der Waals surface area contributed by atoms with Crippen molar-refractivity contribution in [2.45, 2.75) is 25.3 Å².